The van der Waals surface area contributed by atoms with E-state index in [0.717, 1.165) is 26.1 Å². The normalized spacial score (nSPS) is 27.0. The van der Waals surface area contributed by atoms with Crippen molar-refractivity contribution in [2.45, 2.75) is 25.4 Å². The maximum Gasteiger partial charge on any atom is 0.317 e. The maximum atomic E-state index is 12.1. The van der Waals surface area contributed by atoms with Crippen LogP contribution in [0.5, 0.6) is 0 Å². The lowest BCUT2D eigenvalue weighted by Gasteiger charge is -2.25. The van der Waals surface area contributed by atoms with Crippen LogP contribution in [0.2, 0.25) is 0 Å². The minimum atomic E-state index is -0.0637. The molecule has 1 aliphatic heterocycles. The second-order valence-electron chi connectivity index (χ2n) is 6.88. The number of urea groups is 1. The number of aliphatic hydroxyl groups is 1. The Bertz CT molecular complexity index is 522. The summed E-state index contributed by atoms with van der Waals surface area (Å²) in [6.07, 6.45) is 2.28. The van der Waals surface area contributed by atoms with Crippen molar-refractivity contribution in [3.63, 3.8) is 0 Å². The fourth-order valence-corrected chi connectivity index (χ4v) is 4.03. The molecule has 5 heteroatoms. The lowest BCUT2D eigenvalue weighted by molar-refractivity contribution is 0.183. The second-order valence-corrected chi connectivity index (χ2v) is 6.88. The van der Waals surface area contributed by atoms with Crippen molar-refractivity contribution < 1.29 is 9.90 Å². The van der Waals surface area contributed by atoms with Crippen molar-refractivity contribution >= 4 is 6.03 Å². The Morgan fingerprint density at radius 3 is 2.83 bits per heavy atom. The summed E-state index contributed by atoms with van der Waals surface area (Å²) < 4.78 is 0. The number of amides is 2. The number of rotatable bonds is 5. The number of hydrogen-bond acceptors (Lipinski definition) is 3. The SMILES string of the molecule is CN(CCO)C(=O)NC1CCC2CN(Cc3ccccc3)CC21. The van der Waals surface area contributed by atoms with E-state index in [4.69, 9.17) is 5.11 Å². The molecule has 2 N–H and O–H groups in total. The number of nitrogens with one attached hydrogen (secondary N) is 1. The highest BCUT2D eigenvalue weighted by atomic mass is 16.3. The summed E-state index contributed by atoms with van der Waals surface area (Å²) in [6.45, 7) is 3.59. The summed E-state index contributed by atoms with van der Waals surface area (Å²) in [6, 6.07) is 10.8. The molecule has 1 aromatic rings. The van der Waals surface area contributed by atoms with Gasteiger partial charge in [-0.15, -0.1) is 0 Å². The van der Waals surface area contributed by atoms with Crippen LogP contribution in [0.15, 0.2) is 30.3 Å². The van der Waals surface area contributed by atoms with E-state index >= 15 is 0 Å². The van der Waals surface area contributed by atoms with Gasteiger partial charge < -0.3 is 15.3 Å². The lowest BCUT2D eigenvalue weighted by Crippen LogP contribution is -2.46. The van der Waals surface area contributed by atoms with Gasteiger partial charge in [-0.3, -0.25) is 4.90 Å². The number of benzene rings is 1. The van der Waals surface area contributed by atoms with Crippen LogP contribution < -0.4 is 5.32 Å². The molecule has 126 valence electrons. The van der Waals surface area contributed by atoms with Crippen molar-refractivity contribution in [1.29, 1.82) is 0 Å². The molecule has 2 fully saturated rings. The van der Waals surface area contributed by atoms with Crippen LogP contribution in [0.1, 0.15) is 18.4 Å². The van der Waals surface area contributed by atoms with Gasteiger partial charge in [0.05, 0.1) is 6.61 Å². The fraction of sp³-hybridized carbons (Fsp3) is 0.611. The van der Waals surface area contributed by atoms with Crippen LogP contribution in [0.4, 0.5) is 4.79 Å². The number of likely N-dealkylation sites (tertiary alicyclic amines) is 1. The van der Waals surface area contributed by atoms with Crippen LogP contribution in [0.25, 0.3) is 0 Å². The Labute approximate surface area is 138 Å². The van der Waals surface area contributed by atoms with Crippen molar-refractivity contribution in [3.8, 4) is 0 Å². The molecule has 3 rings (SSSR count). The van der Waals surface area contributed by atoms with Crippen LogP contribution in [0.3, 0.4) is 0 Å². The fourth-order valence-electron chi connectivity index (χ4n) is 4.03. The number of likely N-dealkylation sites (N-methyl/N-ethyl adjacent to an activating group) is 1. The monoisotopic (exact) mass is 317 g/mol. The number of carbonyl (C=O) groups is 1. The van der Waals surface area contributed by atoms with E-state index in [9.17, 15) is 4.79 Å². The predicted molar refractivity (Wildman–Crippen MR) is 90.0 cm³/mol. The molecule has 1 saturated heterocycles. The Balaban J connectivity index is 1.53. The molecule has 0 radical (unpaired) electrons. The van der Waals surface area contributed by atoms with E-state index in [1.807, 2.05) is 0 Å². The molecule has 0 aromatic heterocycles. The van der Waals surface area contributed by atoms with E-state index in [0.29, 0.717) is 18.4 Å². The topological polar surface area (TPSA) is 55.8 Å². The molecule has 0 bridgehead atoms. The second kappa shape index (κ2) is 7.32. The molecular weight excluding hydrogens is 290 g/mol. The van der Waals surface area contributed by atoms with Crippen molar-refractivity contribution in [2.75, 3.05) is 33.3 Å². The Morgan fingerprint density at radius 1 is 1.30 bits per heavy atom. The number of nitrogens with zero attached hydrogens (tertiary/aromatic N) is 2. The highest BCUT2D eigenvalue weighted by molar-refractivity contribution is 5.74. The standard InChI is InChI=1S/C18H27N3O2/c1-20(9-10-22)18(23)19-17-8-7-15-12-21(13-16(15)17)11-14-5-3-2-4-6-14/h2-6,15-17,22H,7-13H2,1H3,(H,19,23). The summed E-state index contributed by atoms with van der Waals surface area (Å²) >= 11 is 0. The lowest BCUT2D eigenvalue weighted by atomic mass is 9.98. The third-order valence-electron chi connectivity index (χ3n) is 5.27. The third kappa shape index (κ3) is 3.85. The molecule has 1 aliphatic carbocycles. The molecule has 3 atom stereocenters. The minimum absolute atomic E-state index is 0.00545. The first kappa shape index (κ1) is 16.3. The van der Waals surface area contributed by atoms with E-state index in [1.54, 1.807) is 11.9 Å². The number of hydrogen-bond donors (Lipinski definition) is 2. The number of carbonyl (C=O) groups excluding carboxylic acids is 1. The van der Waals surface area contributed by atoms with Crippen LogP contribution in [-0.4, -0.2) is 60.3 Å². The highest BCUT2D eigenvalue weighted by Crippen LogP contribution is 2.38. The molecule has 1 aromatic carbocycles. The summed E-state index contributed by atoms with van der Waals surface area (Å²) in [7, 11) is 1.73. The van der Waals surface area contributed by atoms with E-state index in [2.05, 4.69) is 40.5 Å². The Kier molecular flexibility index (Phi) is 5.18. The molecule has 0 spiro atoms. The van der Waals surface area contributed by atoms with E-state index < -0.39 is 0 Å². The summed E-state index contributed by atoms with van der Waals surface area (Å²) in [5.74, 6) is 1.26. The van der Waals surface area contributed by atoms with Crippen LogP contribution in [0, 0.1) is 11.8 Å². The first-order chi connectivity index (χ1) is 11.2. The van der Waals surface area contributed by atoms with Gasteiger partial charge in [-0.2, -0.15) is 0 Å². The van der Waals surface area contributed by atoms with Gasteiger partial charge in [0.15, 0.2) is 0 Å². The highest BCUT2D eigenvalue weighted by Gasteiger charge is 2.43. The molecule has 2 amide bonds. The zero-order valence-electron chi connectivity index (χ0n) is 13.8. The first-order valence-corrected chi connectivity index (χ1v) is 8.56. The Hall–Kier alpha value is -1.59. The predicted octanol–water partition coefficient (Wildman–Crippen LogP) is 1.53. The molecule has 2 aliphatic rings. The van der Waals surface area contributed by atoms with Gasteiger partial charge in [0.1, 0.15) is 0 Å². The zero-order chi connectivity index (χ0) is 16.2. The van der Waals surface area contributed by atoms with Gasteiger partial charge in [0.25, 0.3) is 0 Å². The third-order valence-corrected chi connectivity index (χ3v) is 5.27. The smallest absolute Gasteiger partial charge is 0.317 e. The first-order valence-electron chi connectivity index (χ1n) is 8.56. The Morgan fingerprint density at radius 2 is 2.09 bits per heavy atom. The van der Waals surface area contributed by atoms with Gasteiger partial charge in [-0.1, -0.05) is 30.3 Å². The van der Waals surface area contributed by atoms with E-state index in [-0.39, 0.29) is 18.7 Å². The quantitative estimate of drug-likeness (QED) is 0.866. The van der Waals surface area contributed by atoms with Gasteiger partial charge >= 0.3 is 6.03 Å². The molecule has 5 nitrogen and oxygen atoms in total. The van der Waals surface area contributed by atoms with E-state index in [1.165, 1.54) is 12.0 Å². The van der Waals surface area contributed by atoms with Crippen LogP contribution in [-0.2, 0) is 6.54 Å². The van der Waals surface area contributed by atoms with Crippen LogP contribution >= 0.6 is 0 Å². The average molecular weight is 317 g/mol. The number of fused-ring (bicyclic) bond motifs is 1. The van der Waals surface area contributed by atoms with Crippen molar-refractivity contribution in [3.05, 3.63) is 35.9 Å². The van der Waals surface area contributed by atoms with Crippen molar-refractivity contribution in [2.24, 2.45) is 11.8 Å². The summed E-state index contributed by atoms with van der Waals surface area (Å²) in [4.78, 5) is 16.2. The summed E-state index contributed by atoms with van der Waals surface area (Å²) in [5, 5.41) is 12.1. The molecule has 23 heavy (non-hydrogen) atoms. The number of aliphatic hydroxyl groups excluding tert-OH is 1. The maximum absolute atomic E-state index is 12.1. The largest absolute Gasteiger partial charge is 0.395 e. The average Bonchev–Trinajstić information content (AvgIpc) is 3.10. The molecule has 1 heterocycles. The van der Waals surface area contributed by atoms with Gasteiger partial charge in [0.2, 0.25) is 0 Å². The van der Waals surface area contributed by atoms with Gasteiger partial charge in [-0.25, -0.2) is 4.79 Å². The van der Waals surface area contributed by atoms with Gasteiger partial charge in [-0.05, 0) is 30.2 Å². The molecule has 3 unspecified atom stereocenters. The molecular formula is C18H27N3O2. The zero-order valence-corrected chi connectivity index (χ0v) is 13.8. The summed E-state index contributed by atoms with van der Waals surface area (Å²) in [5.41, 5.74) is 1.36. The van der Waals surface area contributed by atoms with Gasteiger partial charge in [0, 0.05) is 39.3 Å². The molecule has 1 saturated carbocycles. The minimum Gasteiger partial charge on any atom is -0.395 e. The van der Waals surface area contributed by atoms with Crippen molar-refractivity contribution in [1.82, 2.24) is 15.1 Å².